The molecule has 0 unspecified atom stereocenters. The number of hydrogen-bond acceptors (Lipinski definition) is 2. The molecule has 0 saturated heterocycles. The molecule has 2 atom stereocenters. The lowest BCUT2D eigenvalue weighted by Gasteiger charge is -2.10. The van der Waals surface area contributed by atoms with Gasteiger partial charge in [0.15, 0.2) is 0 Å². The van der Waals surface area contributed by atoms with Crippen molar-refractivity contribution in [3.63, 3.8) is 0 Å². The van der Waals surface area contributed by atoms with E-state index in [1.54, 1.807) is 31.2 Å². The van der Waals surface area contributed by atoms with E-state index >= 15 is 0 Å². The number of carbonyl (C=O) groups excluding carboxylic acids is 1. The van der Waals surface area contributed by atoms with Gasteiger partial charge >= 0.3 is 0 Å². The summed E-state index contributed by atoms with van der Waals surface area (Å²) in [6.45, 7) is 1.94. The van der Waals surface area contributed by atoms with Gasteiger partial charge in [-0.25, -0.2) is 4.39 Å². The predicted molar refractivity (Wildman–Crippen MR) is 57.6 cm³/mol. The SMILES string of the molecule is C[C@@]1(C(=O)NCc2cccc(O)c2)C[C@H]1F. The molecule has 3 nitrogen and oxygen atoms in total. The molecule has 1 amide bonds. The van der Waals surface area contributed by atoms with Crippen LogP contribution in [0.4, 0.5) is 4.39 Å². The van der Waals surface area contributed by atoms with Crippen molar-refractivity contribution in [3.05, 3.63) is 29.8 Å². The molecule has 0 heterocycles. The maximum Gasteiger partial charge on any atom is 0.229 e. The van der Waals surface area contributed by atoms with Gasteiger partial charge in [0.1, 0.15) is 11.9 Å². The third-order valence-corrected chi connectivity index (χ3v) is 3.02. The summed E-state index contributed by atoms with van der Waals surface area (Å²) < 4.78 is 12.9. The second kappa shape index (κ2) is 3.77. The van der Waals surface area contributed by atoms with Gasteiger partial charge in [-0.05, 0) is 31.0 Å². The van der Waals surface area contributed by atoms with Crippen LogP contribution in [0.2, 0.25) is 0 Å². The number of hydrogen-bond donors (Lipinski definition) is 2. The van der Waals surface area contributed by atoms with Gasteiger partial charge in [-0.2, -0.15) is 0 Å². The molecular weight excluding hydrogens is 209 g/mol. The number of halogens is 1. The van der Waals surface area contributed by atoms with Crippen LogP contribution in [0.1, 0.15) is 18.9 Å². The second-order valence-corrected chi connectivity index (χ2v) is 4.44. The number of nitrogens with one attached hydrogen (secondary N) is 1. The van der Waals surface area contributed by atoms with Gasteiger partial charge in [-0.3, -0.25) is 4.79 Å². The van der Waals surface area contributed by atoms with Crippen LogP contribution in [0.15, 0.2) is 24.3 Å². The number of carbonyl (C=O) groups is 1. The first-order chi connectivity index (χ1) is 7.52. The number of phenolic OH excluding ortho intramolecular Hbond substituents is 1. The molecule has 1 fully saturated rings. The van der Waals surface area contributed by atoms with Crippen molar-refractivity contribution in [2.24, 2.45) is 5.41 Å². The average molecular weight is 223 g/mol. The van der Waals surface area contributed by atoms with Crippen LogP contribution in [0.25, 0.3) is 0 Å². The maximum absolute atomic E-state index is 12.9. The third kappa shape index (κ3) is 2.01. The highest BCUT2D eigenvalue weighted by atomic mass is 19.1. The van der Waals surface area contributed by atoms with Crippen LogP contribution in [0.3, 0.4) is 0 Å². The molecule has 1 aliphatic rings. The number of amides is 1. The minimum atomic E-state index is -1.02. The third-order valence-electron chi connectivity index (χ3n) is 3.02. The van der Waals surface area contributed by atoms with Crippen LogP contribution in [0, 0.1) is 5.41 Å². The molecule has 1 aliphatic carbocycles. The van der Waals surface area contributed by atoms with E-state index in [-0.39, 0.29) is 11.7 Å². The lowest BCUT2D eigenvalue weighted by molar-refractivity contribution is -0.126. The first-order valence-electron chi connectivity index (χ1n) is 5.22. The van der Waals surface area contributed by atoms with Gasteiger partial charge < -0.3 is 10.4 Å². The fraction of sp³-hybridized carbons (Fsp3) is 0.417. The number of rotatable bonds is 3. The summed E-state index contributed by atoms with van der Waals surface area (Å²) in [5, 5.41) is 11.9. The van der Waals surface area contributed by atoms with Crippen molar-refractivity contribution in [2.45, 2.75) is 26.1 Å². The van der Waals surface area contributed by atoms with Crippen LogP contribution >= 0.6 is 0 Å². The molecular formula is C12H14FNO2. The lowest BCUT2D eigenvalue weighted by atomic mass is 10.1. The first kappa shape index (κ1) is 10.9. The largest absolute Gasteiger partial charge is 0.508 e. The number of phenols is 1. The summed E-state index contributed by atoms with van der Waals surface area (Å²) in [6.07, 6.45) is -0.713. The molecule has 2 N–H and O–H groups in total. The minimum absolute atomic E-state index is 0.160. The monoisotopic (exact) mass is 223 g/mol. The summed E-state index contributed by atoms with van der Waals surface area (Å²) in [4.78, 5) is 11.6. The van der Waals surface area contributed by atoms with Gasteiger partial charge in [0.25, 0.3) is 0 Å². The Morgan fingerprint density at radius 1 is 1.69 bits per heavy atom. The summed E-state index contributed by atoms with van der Waals surface area (Å²) in [6, 6.07) is 6.63. The molecule has 1 saturated carbocycles. The zero-order valence-corrected chi connectivity index (χ0v) is 9.03. The van der Waals surface area contributed by atoms with E-state index in [4.69, 9.17) is 0 Å². The molecule has 0 aromatic heterocycles. The Kier molecular flexibility index (Phi) is 2.58. The Bertz CT molecular complexity index is 421. The standard InChI is InChI=1S/C12H14FNO2/c1-12(6-10(12)13)11(16)14-7-8-3-2-4-9(15)5-8/h2-5,10,15H,6-7H2,1H3,(H,14,16)/t10-,12-/m1/s1. The van der Waals surface area contributed by atoms with Gasteiger partial charge in [-0.15, -0.1) is 0 Å². The van der Waals surface area contributed by atoms with E-state index < -0.39 is 11.6 Å². The molecule has 0 radical (unpaired) electrons. The van der Waals surface area contributed by atoms with E-state index in [9.17, 15) is 14.3 Å². The van der Waals surface area contributed by atoms with Gasteiger partial charge in [-0.1, -0.05) is 12.1 Å². The Hall–Kier alpha value is -1.58. The predicted octanol–water partition coefficient (Wildman–Crippen LogP) is 1.76. The van der Waals surface area contributed by atoms with Gasteiger partial charge in [0.2, 0.25) is 5.91 Å². The maximum atomic E-state index is 12.9. The molecule has 0 aliphatic heterocycles. The van der Waals surface area contributed by atoms with Crippen molar-refractivity contribution in [3.8, 4) is 5.75 Å². The van der Waals surface area contributed by atoms with Gasteiger partial charge in [0, 0.05) is 6.54 Å². The van der Waals surface area contributed by atoms with E-state index in [2.05, 4.69) is 5.32 Å². The second-order valence-electron chi connectivity index (χ2n) is 4.44. The van der Waals surface area contributed by atoms with E-state index in [0.717, 1.165) is 5.56 Å². The zero-order chi connectivity index (χ0) is 11.8. The summed E-state index contributed by atoms with van der Waals surface area (Å²) in [5.74, 6) is -0.101. The molecule has 4 heteroatoms. The quantitative estimate of drug-likeness (QED) is 0.820. The van der Waals surface area contributed by atoms with Gasteiger partial charge in [0.05, 0.1) is 5.41 Å². The van der Waals surface area contributed by atoms with Crippen LogP contribution < -0.4 is 5.32 Å². The zero-order valence-electron chi connectivity index (χ0n) is 9.03. The fourth-order valence-corrected chi connectivity index (χ4v) is 1.60. The molecule has 86 valence electrons. The Morgan fingerprint density at radius 3 is 2.94 bits per heavy atom. The van der Waals surface area contributed by atoms with Crippen molar-refractivity contribution >= 4 is 5.91 Å². The number of benzene rings is 1. The number of aromatic hydroxyl groups is 1. The molecule has 1 aromatic carbocycles. The van der Waals surface area contributed by atoms with Crippen LogP contribution in [0.5, 0.6) is 5.75 Å². The number of alkyl halides is 1. The smallest absolute Gasteiger partial charge is 0.229 e. The van der Waals surface area contributed by atoms with Crippen molar-refractivity contribution in [1.82, 2.24) is 5.32 Å². The highest BCUT2D eigenvalue weighted by Gasteiger charge is 2.57. The summed E-state index contributed by atoms with van der Waals surface area (Å²) in [5.41, 5.74) is -0.0374. The van der Waals surface area contributed by atoms with E-state index in [1.807, 2.05) is 0 Å². The van der Waals surface area contributed by atoms with E-state index in [0.29, 0.717) is 13.0 Å². The topological polar surface area (TPSA) is 49.3 Å². The van der Waals surface area contributed by atoms with Crippen molar-refractivity contribution < 1.29 is 14.3 Å². The first-order valence-corrected chi connectivity index (χ1v) is 5.22. The van der Waals surface area contributed by atoms with Crippen molar-refractivity contribution in [2.75, 3.05) is 0 Å². The summed E-state index contributed by atoms with van der Waals surface area (Å²) in [7, 11) is 0. The molecule has 2 rings (SSSR count). The van der Waals surface area contributed by atoms with Crippen LogP contribution in [-0.4, -0.2) is 17.2 Å². The van der Waals surface area contributed by atoms with E-state index in [1.165, 1.54) is 0 Å². The molecule has 16 heavy (non-hydrogen) atoms. The molecule has 0 bridgehead atoms. The molecule has 1 aromatic rings. The van der Waals surface area contributed by atoms with Crippen LogP contribution in [-0.2, 0) is 11.3 Å². The highest BCUT2D eigenvalue weighted by Crippen LogP contribution is 2.48. The lowest BCUT2D eigenvalue weighted by Crippen LogP contribution is -2.31. The Labute approximate surface area is 93.3 Å². The summed E-state index contributed by atoms with van der Waals surface area (Å²) >= 11 is 0. The average Bonchev–Trinajstić information content (AvgIpc) is 2.85. The molecule has 0 spiro atoms. The van der Waals surface area contributed by atoms with Crippen molar-refractivity contribution in [1.29, 1.82) is 0 Å². The Balaban J connectivity index is 1.91. The highest BCUT2D eigenvalue weighted by molar-refractivity contribution is 5.86. The normalized spacial score (nSPS) is 27.5. The minimum Gasteiger partial charge on any atom is -0.508 e. The Morgan fingerprint density at radius 2 is 2.38 bits per heavy atom. The fourth-order valence-electron chi connectivity index (χ4n) is 1.60.